The molecule has 2 atom stereocenters. The van der Waals surface area contributed by atoms with Crippen molar-refractivity contribution in [1.82, 2.24) is 15.1 Å². The fraction of sp³-hybridized carbons (Fsp3) is 0.733. The molecule has 1 aliphatic rings. The Kier molecular flexibility index (Phi) is 4.44. The van der Waals surface area contributed by atoms with Crippen molar-refractivity contribution in [2.75, 3.05) is 5.32 Å². The Hall–Kier alpha value is -1.72. The molecule has 0 radical (unpaired) electrons. The fourth-order valence-electron chi connectivity index (χ4n) is 2.68. The number of alkyl carbamates (subject to hydrolysis) is 1. The van der Waals surface area contributed by atoms with E-state index in [-0.39, 0.29) is 12.1 Å². The number of aromatic nitrogens is 2. The maximum atomic E-state index is 11.8. The first-order valence-electron chi connectivity index (χ1n) is 7.49. The van der Waals surface area contributed by atoms with Crippen LogP contribution in [-0.4, -0.2) is 33.6 Å². The highest BCUT2D eigenvalue weighted by molar-refractivity contribution is 5.68. The number of anilines is 1. The molecule has 1 fully saturated rings. The third-order valence-electron chi connectivity index (χ3n) is 3.53. The van der Waals surface area contributed by atoms with Crippen LogP contribution in [0.3, 0.4) is 0 Å². The summed E-state index contributed by atoms with van der Waals surface area (Å²) in [5, 5.41) is 10.8. The number of aryl methyl sites for hydroxylation is 2. The summed E-state index contributed by atoms with van der Waals surface area (Å²) in [5.41, 5.74) is 1.62. The van der Waals surface area contributed by atoms with Gasteiger partial charge in [0.25, 0.3) is 0 Å². The molecule has 2 unspecified atom stereocenters. The van der Waals surface area contributed by atoms with E-state index in [9.17, 15) is 4.79 Å². The molecule has 118 valence electrons. The standard InChI is InChI=1S/C15H26N4O2/c1-10-13(9-19(5)18-10)16-11-6-7-12(8-11)17-14(20)21-15(2,3)4/h9,11-12,16H,6-8H2,1-5H3,(H,17,20). The lowest BCUT2D eigenvalue weighted by molar-refractivity contribution is 0.0505. The first-order chi connectivity index (χ1) is 9.73. The van der Waals surface area contributed by atoms with E-state index in [0.717, 1.165) is 30.6 Å². The van der Waals surface area contributed by atoms with E-state index >= 15 is 0 Å². The number of amides is 1. The Morgan fingerprint density at radius 1 is 1.38 bits per heavy atom. The second kappa shape index (κ2) is 5.95. The van der Waals surface area contributed by atoms with Crippen LogP contribution >= 0.6 is 0 Å². The minimum absolute atomic E-state index is 0.175. The second-order valence-corrected chi connectivity index (χ2v) is 6.80. The number of rotatable bonds is 3. The molecule has 1 amide bonds. The van der Waals surface area contributed by atoms with E-state index in [1.807, 2.05) is 45.6 Å². The summed E-state index contributed by atoms with van der Waals surface area (Å²) in [4.78, 5) is 11.8. The molecule has 0 aromatic carbocycles. The van der Waals surface area contributed by atoms with Crippen molar-refractivity contribution in [3.63, 3.8) is 0 Å². The fourth-order valence-corrected chi connectivity index (χ4v) is 2.68. The molecule has 0 bridgehead atoms. The van der Waals surface area contributed by atoms with Gasteiger partial charge in [-0.1, -0.05) is 0 Å². The van der Waals surface area contributed by atoms with Crippen LogP contribution in [0.5, 0.6) is 0 Å². The maximum absolute atomic E-state index is 11.8. The van der Waals surface area contributed by atoms with E-state index < -0.39 is 5.60 Å². The smallest absolute Gasteiger partial charge is 0.407 e. The number of ether oxygens (including phenoxy) is 1. The van der Waals surface area contributed by atoms with Gasteiger partial charge in [-0.2, -0.15) is 5.10 Å². The summed E-state index contributed by atoms with van der Waals surface area (Å²) in [6, 6.07) is 0.544. The Labute approximate surface area is 126 Å². The normalized spacial score (nSPS) is 22.1. The van der Waals surface area contributed by atoms with Gasteiger partial charge in [0.05, 0.1) is 11.4 Å². The monoisotopic (exact) mass is 294 g/mol. The largest absolute Gasteiger partial charge is 0.444 e. The summed E-state index contributed by atoms with van der Waals surface area (Å²) in [6.45, 7) is 7.61. The maximum Gasteiger partial charge on any atom is 0.407 e. The molecule has 1 saturated carbocycles. The summed E-state index contributed by atoms with van der Waals surface area (Å²) in [6.07, 6.45) is 4.58. The van der Waals surface area contributed by atoms with Gasteiger partial charge in [-0.15, -0.1) is 0 Å². The molecule has 1 aromatic rings. The lowest BCUT2D eigenvalue weighted by atomic mass is 10.2. The highest BCUT2D eigenvalue weighted by atomic mass is 16.6. The number of hydrogen-bond donors (Lipinski definition) is 2. The zero-order chi connectivity index (χ0) is 15.6. The average Bonchev–Trinajstić information content (AvgIpc) is 2.84. The van der Waals surface area contributed by atoms with Crippen LogP contribution in [0.15, 0.2) is 6.20 Å². The third kappa shape index (κ3) is 4.65. The van der Waals surface area contributed by atoms with Gasteiger partial charge >= 0.3 is 6.09 Å². The van der Waals surface area contributed by atoms with Crippen LogP contribution in [0.1, 0.15) is 45.7 Å². The molecular formula is C15H26N4O2. The van der Waals surface area contributed by atoms with E-state index in [1.165, 1.54) is 0 Å². The first kappa shape index (κ1) is 15.7. The highest BCUT2D eigenvalue weighted by Gasteiger charge is 2.28. The number of nitrogens with one attached hydrogen (secondary N) is 2. The van der Waals surface area contributed by atoms with Gasteiger partial charge in [0.1, 0.15) is 5.60 Å². The van der Waals surface area contributed by atoms with Crippen molar-refractivity contribution >= 4 is 11.8 Å². The average molecular weight is 294 g/mol. The molecule has 1 aliphatic carbocycles. The zero-order valence-corrected chi connectivity index (χ0v) is 13.6. The summed E-state index contributed by atoms with van der Waals surface area (Å²) in [5.74, 6) is 0. The zero-order valence-electron chi connectivity index (χ0n) is 13.6. The Balaban J connectivity index is 1.81. The number of hydrogen-bond acceptors (Lipinski definition) is 4. The molecule has 21 heavy (non-hydrogen) atoms. The van der Waals surface area contributed by atoms with Gasteiger partial charge in [-0.05, 0) is 47.0 Å². The number of nitrogens with zero attached hydrogens (tertiary/aromatic N) is 2. The topological polar surface area (TPSA) is 68.2 Å². The molecule has 1 heterocycles. The third-order valence-corrected chi connectivity index (χ3v) is 3.53. The molecule has 2 rings (SSSR count). The summed E-state index contributed by atoms with van der Waals surface area (Å²) in [7, 11) is 1.92. The van der Waals surface area contributed by atoms with Gasteiger partial charge in [-0.25, -0.2) is 4.79 Å². The van der Waals surface area contributed by atoms with Crippen LogP contribution < -0.4 is 10.6 Å². The highest BCUT2D eigenvalue weighted by Crippen LogP contribution is 2.24. The van der Waals surface area contributed by atoms with Crippen LogP contribution in [0.25, 0.3) is 0 Å². The SMILES string of the molecule is Cc1nn(C)cc1NC1CCC(NC(=O)OC(C)(C)C)C1. The first-order valence-corrected chi connectivity index (χ1v) is 7.49. The van der Waals surface area contributed by atoms with Crippen molar-refractivity contribution in [2.45, 2.75) is 64.6 Å². The van der Waals surface area contributed by atoms with Gasteiger partial charge in [0.2, 0.25) is 0 Å². The van der Waals surface area contributed by atoms with Crippen molar-refractivity contribution in [1.29, 1.82) is 0 Å². The predicted octanol–water partition coefficient (Wildman–Crippen LogP) is 2.59. The van der Waals surface area contributed by atoms with Gasteiger partial charge in [-0.3, -0.25) is 4.68 Å². The van der Waals surface area contributed by atoms with Gasteiger partial charge < -0.3 is 15.4 Å². The van der Waals surface area contributed by atoms with E-state index in [0.29, 0.717) is 6.04 Å². The minimum atomic E-state index is -0.451. The molecule has 0 spiro atoms. The molecular weight excluding hydrogens is 268 g/mol. The van der Waals surface area contributed by atoms with Crippen molar-refractivity contribution in [3.8, 4) is 0 Å². The molecule has 6 heteroatoms. The lowest BCUT2D eigenvalue weighted by Crippen LogP contribution is -2.38. The molecule has 1 aromatic heterocycles. The van der Waals surface area contributed by atoms with Crippen LogP contribution in [0.4, 0.5) is 10.5 Å². The summed E-state index contributed by atoms with van der Waals surface area (Å²) >= 11 is 0. The Bertz CT molecular complexity index is 504. The molecule has 2 N–H and O–H groups in total. The predicted molar refractivity (Wildman–Crippen MR) is 82.4 cm³/mol. The van der Waals surface area contributed by atoms with E-state index in [1.54, 1.807) is 0 Å². The van der Waals surface area contributed by atoms with Gasteiger partial charge in [0.15, 0.2) is 0 Å². The van der Waals surface area contributed by atoms with Gasteiger partial charge in [0, 0.05) is 25.3 Å². The van der Waals surface area contributed by atoms with Crippen molar-refractivity contribution in [3.05, 3.63) is 11.9 Å². The van der Waals surface area contributed by atoms with E-state index in [4.69, 9.17) is 4.74 Å². The Morgan fingerprint density at radius 2 is 2.05 bits per heavy atom. The van der Waals surface area contributed by atoms with Crippen LogP contribution in [0, 0.1) is 6.92 Å². The van der Waals surface area contributed by atoms with Crippen molar-refractivity contribution in [2.24, 2.45) is 7.05 Å². The lowest BCUT2D eigenvalue weighted by Gasteiger charge is -2.22. The minimum Gasteiger partial charge on any atom is -0.444 e. The molecule has 6 nitrogen and oxygen atoms in total. The summed E-state index contributed by atoms with van der Waals surface area (Å²) < 4.78 is 7.10. The van der Waals surface area contributed by atoms with E-state index in [2.05, 4.69) is 15.7 Å². The van der Waals surface area contributed by atoms with Crippen LogP contribution in [-0.2, 0) is 11.8 Å². The molecule has 0 saturated heterocycles. The number of carbonyl (C=O) groups is 1. The second-order valence-electron chi connectivity index (χ2n) is 6.80. The molecule has 0 aliphatic heterocycles. The Morgan fingerprint density at radius 3 is 2.62 bits per heavy atom. The number of carbonyl (C=O) groups excluding carboxylic acids is 1. The van der Waals surface area contributed by atoms with Crippen LogP contribution in [0.2, 0.25) is 0 Å². The quantitative estimate of drug-likeness (QED) is 0.899. The van der Waals surface area contributed by atoms with Crippen molar-refractivity contribution < 1.29 is 9.53 Å².